The highest BCUT2D eigenvalue weighted by molar-refractivity contribution is 5.94. The van der Waals surface area contributed by atoms with E-state index in [1.807, 2.05) is 24.3 Å². The van der Waals surface area contributed by atoms with Gasteiger partial charge >= 0.3 is 0 Å². The molecule has 1 heterocycles. The molecule has 0 radical (unpaired) electrons. The van der Waals surface area contributed by atoms with Crippen LogP contribution in [0, 0.1) is 0 Å². The molecule has 2 atom stereocenters. The fourth-order valence-electron chi connectivity index (χ4n) is 2.73. The molecule has 4 nitrogen and oxygen atoms in total. The van der Waals surface area contributed by atoms with Gasteiger partial charge in [0.2, 0.25) is 0 Å². The van der Waals surface area contributed by atoms with E-state index in [1.165, 1.54) is 0 Å². The Morgan fingerprint density at radius 2 is 1.86 bits per heavy atom. The van der Waals surface area contributed by atoms with Crippen LogP contribution in [0.4, 0.5) is 0 Å². The summed E-state index contributed by atoms with van der Waals surface area (Å²) in [5.41, 5.74) is 0.721. The molecule has 0 saturated carbocycles. The topological polar surface area (TPSA) is 38.8 Å². The second kappa shape index (κ2) is 7.57. The summed E-state index contributed by atoms with van der Waals surface area (Å²) in [5, 5.41) is 0. The molecule has 1 fully saturated rings. The van der Waals surface area contributed by atoms with E-state index in [4.69, 9.17) is 9.47 Å². The Labute approximate surface area is 127 Å². The molecule has 4 heteroatoms. The number of ketones is 1. The number of hydrogen-bond donors (Lipinski definition) is 0. The van der Waals surface area contributed by atoms with Gasteiger partial charge in [0.25, 0.3) is 0 Å². The summed E-state index contributed by atoms with van der Waals surface area (Å²) in [7, 11) is 0. The van der Waals surface area contributed by atoms with Crippen LogP contribution in [0.3, 0.4) is 0 Å². The molecule has 0 unspecified atom stereocenters. The molecule has 1 aromatic carbocycles. The quantitative estimate of drug-likeness (QED) is 0.597. The largest absolute Gasteiger partial charge is 0.494 e. The number of rotatable bonds is 6. The van der Waals surface area contributed by atoms with Crippen LogP contribution in [0.25, 0.3) is 0 Å². The van der Waals surface area contributed by atoms with Crippen molar-refractivity contribution in [3.8, 4) is 5.75 Å². The number of carbonyl (C=O) groups excluding carboxylic acids is 1. The van der Waals surface area contributed by atoms with E-state index in [2.05, 4.69) is 18.7 Å². The number of ether oxygens (including phenoxy) is 2. The first kappa shape index (κ1) is 16.0. The maximum absolute atomic E-state index is 11.2. The first-order chi connectivity index (χ1) is 10.0. The zero-order chi connectivity index (χ0) is 15.2. The second-order valence-electron chi connectivity index (χ2n) is 5.80. The molecule has 21 heavy (non-hydrogen) atoms. The van der Waals surface area contributed by atoms with E-state index in [0.717, 1.165) is 37.4 Å². The highest BCUT2D eigenvalue weighted by atomic mass is 16.5. The van der Waals surface area contributed by atoms with E-state index < -0.39 is 0 Å². The lowest BCUT2D eigenvalue weighted by Crippen LogP contribution is -2.45. The summed E-state index contributed by atoms with van der Waals surface area (Å²) in [4.78, 5) is 13.6. The monoisotopic (exact) mass is 291 g/mol. The van der Waals surface area contributed by atoms with E-state index in [1.54, 1.807) is 6.92 Å². The molecule has 0 aliphatic carbocycles. The van der Waals surface area contributed by atoms with Crippen LogP contribution in [0.5, 0.6) is 5.75 Å². The summed E-state index contributed by atoms with van der Waals surface area (Å²) < 4.78 is 11.4. The molecular weight excluding hydrogens is 266 g/mol. The van der Waals surface area contributed by atoms with Crippen molar-refractivity contribution in [1.82, 2.24) is 4.90 Å². The van der Waals surface area contributed by atoms with Crippen LogP contribution in [0.15, 0.2) is 24.3 Å². The first-order valence-corrected chi connectivity index (χ1v) is 7.66. The number of morpholine rings is 1. The Balaban J connectivity index is 1.68. The lowest BCUT2D eigenvalue weighted by atomic mass is 10.1. The molecule has 0 N–H and O–H groups in total. The number of hydrogen-bond acceptors (Lipinski definition) is 4. The third-order valence-electron chi connectivity index (χ3n) is 3.64. The van der Waals surface area contributed by atoms with E-state index >= 15 is 0 Å². The third kappa shape index (κ3) is 5.14. The van der Waals surface area contributed by atoms with Gasteiger partial charge < -0.3 is 9.47 Å². The number of benzene rings is 1. The molecule has 116 valence electrons. The minimum atomic E-state index is 0.0807. The van der Waals surface area contributed by atoms with Gasteiger partial charge in [-0.3, -0.25) is 9.69 Å². The second-order valence-corrected chi connectivity index (χ2v) is 5.80. The molecule has 1 aliphatic rings. The molecule has 1 saturated heterocycles. The zero-order valence-corrected chi connectivity index (χ0v) is 13.2. The predicted molar refractivity (Wildman–Crippen MR) is 83.0 cm³/mol. The maximum Gasteiger partial charge on any atom is 0.159 e. The highest BCUT2D eigenvalue weighted by Gasteiger charge is 2.21. The molecule has 2 rings (SSSR count). The van der Waals surface area contributed by atoms with Crippen molar-refractivity contribution in [2.75, 3.05) is 26.2 Å². The molecular formula is C17H25NO3. The molecule has 0 spiro atoms. The lowest BCUT2D eigenvalue weighted by molar-refractivity contribution is -0.0686. The summed E-state index contributed by atoms with van der Waals surface area (Å²) in [5.74, 6) is 0.904. The fourth-order valence-corrected chi connectivity index (χ4v) is 2.73. The third-order valence-corrected chi connectivity index (χ3v) is 3.64. The average molecular weight is 291 g/mol. The van der Waals surface area contributed by atoms with Gasteiger partial charge in [-0.2, -0.15) is 0 Å². The number of carbonyl (C=O) groups is 1. The molecule has 0 aromatic heterocycles. The predicted octanol–water partition coefficient (Wildman–Crippen LogP) is 2.77. The van der Waals surface area contributed by atoms with Crippen molar-refractivity contribution in [3.63, 3.8) is 0 Å². The van der Waals surface area contributed by atoms with Crippen LogP contribution >= 0.6 is 0 Å². The van der Waals surface area contributed by atoms with Crippen LogP contribution < -0.4 is 4.74 Å². The average Bonchev–Trinajstić information content (AvgIpc) is 2.43. The van der Waals surface area contributed by atoms with Crippen LogP contribution in [0.1, 0.15) is 37.6 Å². The highest BCUT2D eigenvalue weighted by Crippen LogP contribution is 2.14. The Hall–Kier alpha value is -1.39. The minimum Gasteiger partial charge on any atom is -0.494 e. The fraction of sp³-hybridized carbons (Fsp3) is 0.588. The normalized spacial score (nSPS) is 23.0. The van der Waals surface area contributed by atoms with E-state index in [9.17, 15) is 4.79 Å². The Kier molecular flexibility index (Phi) is 5.76. The summed E-state index contributed by atoms with van der Waals surface area (Å²) >= 11 is 0. The van der Waals surface area contributed by atoms with Gasteiger partial charge in [0.15, 0.2) is 5.78 Å². The number of nitrogens with zero attached hydrogens (tertiary/aromatic N) is 1. The van der Waals surface area contributed by atoms with Crippen LogP contribution in [0.2, 0.25) is 0 Å². The molecule has 0 amide bonds. The molecule has 1 aliphatic heterocycles. The van der Waals surface area contributed by atoms with Gasteiger partial charge in [-0.05, 0) is 51.5 Å². The van der Waals surface area contributed by atoms with Gasteiger partial charge in [-0.15, -0.1) is 0 Å². The van der Waals surface area contributed by atoms with E-state index in [0.29, 0.717) is 18.8 Å². The SMILES string of the molecule is CC(=O)c1ccc(OCCCN2C[C@H](C)O[C@@H](C)C2)cc1. The Morgan fingerprint density at radius 1 is 1.24 bits per heavy atom. The summed E-state index contributed by atoms with van der Waals surface area (Å²) in [6.45, 7) is 9.53. The summed E-state index contributed by atoms with van der Waals surface area (Å²) in [6.07, 6.45) is 1.62. The standard InChI is InChI=1S/C17H25NO3/c1-13-11-18(12-14(2)21-13)9-4-10-20-17-7-5-16(6-8-17)15(3)19/h5-8,13-14H,4,9-12H2,1-3H3/t13-,14-/m0/s1. The zero-order valence-electron chi connectivity index (χ0n) is 13.2. The maximum atomic E-state index is 11.2. The minimum absolute atomic E-state index is 0.0807. The molecule has 0 bridgehead atoms. The van der Waals surface area contributed by atoms with Crippen molar-refractivity contribution < 1.29 is 14.3 Å². The summed E-state index contributed by atoms with van der Waals surface area (Å²) in [6, 6.07) is 7.33. The number of Topliss-reactive ketones (excluding diaryl/α,β-unsaturated/α-hetero) is 1. The van der Waals surface area contributed by atoms with E-state index in [-0.39, 0.29) is 5.78 Å². The van der Waals surface area contributed by atoms with Crippen molar-refractivity contribution in [1.29, 1.82) is 0 Å². The smallest absolute Gasteiger partial charge is 0.159 e. The van der Waals surface area contributed by atoms with Crippen molar-refractivity contribution in [3.05, 3.63) is 29.8 Å². The Morgan fingerprint density at radius 3 is 2.43 bits per heavy atom. The van der Waals surface area contributed by atoms with Crippen molar-refractivity contribution in [2.24, 2.45) is 0 Å². The molecule has 1 aromatic rings. The van der Waals surface area contributed by atoms with Gasteiger partial charge in [-0.1, -0.05) is 0 Å². The van der Waals surface area contributed by atoms with Gasteiger partial charge in [0.1, 0.15) is 5.75 Å². The van der Waals surface area contributed by atoms with Crippen LogP contribution in [-0.2, 0) is 4.74 Å². The van der Waals surface area contributed by atoms with Gasteiger partial charge in [-0.25, -0.2) is 0 Å². The van der Waals surface area contributed by atoms with Gasteiger partial charge in [0, 0.05) is 25.2 Å². The van der Waals surface area contributed by atoms with Crippen LogP contribution in [-0.4, -0.2) is 49.1 Å². The lowest BCUT2D eigenvalue weighted by Gasteiger charge is -2.35. The van der Waals surface area contributed by atoms with Gasteiger partial charge in [0.05, 0.1) is 18.8 Å². The van der Waals surface area contributed by atoms with Crippen molar-refractivity contribution in [2.45, 2.75) is 39.4 Å². The first-order valence-electron chi connectivity index (χ1n) is 7.66. The van der Waals surface area contributed by atoms with Crippen molar-refractivity contribution >= 4 is 5.78 Å². The Bertz CT molecular complexity index is 448.